The molecular weight excluding hydrogens is 199 g/mol. The van der Waals surface area contributed by atoms with Crippen LogP contribution in [0.25, 0.3) is 0 Å². The maximum atomic E-state index is 2.53. The number of rotatable bonds is 2. The lowest BCUT2D eigenvalue weighted by Gasteiger charge is -2.44. The molecule has 0 aromatic rings. The Morgan fingerprint density at radius 2 is 1.27 bits per heavy atom. The van der Waals surface area contributed by atoms with Crippen molar-refractivity contribution in [1.82, 2.24) is 0 Å². The molecule has 0 saturated carbocycles. The minimum absolute atomic E-state index is 0.442. The highest BCUT2D eigenvalue weighted by atomic mass is 31.2. The molecule has 0 heterocycles. The molecule has 0 aromatic heterocycles. The summed E-state index contributed by atoms with van der Waals surface area (Å²) in [6, 6.07) is 0. The second-order valence-corrected chi connectivity index (χ2v) is 12.4. The van der Waals surface area contributed by atoms with Crippen molar-refractivity contribution in [1.29, 1.82) is 0 Å². The molecule has 0 atom stereocenters. The molecule has 0 unspecified atom stereocenters. The molecule has 0 N–H and O–H groups in total. The van der Waals surface area contributed by atoms with E-state index >= 15 is 0 Å². The van der Waals surface area contributed by atoms with Gasteiger partial charge in [0.2, 0.25) is 0 Å². The van der Waals surface area contributed by atoms with Crippen LogP contribution in [0.1, 0.15) is 55.4 Å². The monoisotopic (exact) mass is 229 g/mol. The maximum absolute atomic E-state index is 2.53. The molecule has 0 aliphatic heterocycles. The van der Waals surface area contributed by atoms with Gasteiger partial charge in [0, 0.05) is 7.26 Å². The summed E-state index contributed by atoms with van der Waals surface area (Å²) in [5.41, 5.74) is 1.45. The van der Waals surface area contributed by atoms with Gasteiger partial charge >= 0.3 is 0 Å². The lowest BCUT2D eigenvalue weighted by molar-refractivity contribution is 0.690. The molecule has 15 heavy (non-hydrogen) atoms. The maximum Gasteiger partial charge on any atom is 0.0783 e. The summed E-state index contributed by atoms with van der Waals surface area (Å²) in [4.78, 5) is 0. The van der Waals surface area contributed by atoms with Crippen LogP contribution in [-0.4, -0.2) is 23.1 Å². The molecule has 0 rings (SSSR count). The molecule has 0 saturated heterocycles. The van der Waals surface area contributed by atoms with Gasteiger partial charge in [-0.2, -0.15) is 0 Å². The summed E-state index contributed by atoms with van der Waals surface area (Å²) >= 11 is 0. The second kappa shape index (κ2) is 4.58. The van der Waals surface area contributed by atoms with Crippen LogP contribution in [-0.2, 0) is 0 Å². The molecule has 0 aliphatic rings. The quantitative estimate of drug-likeness (QED) is 0.451. The van der Waals surface area contributed by atoms with Crippen LogP contribution in [0.4, 0.5) is 0 Å². The Labute approximate surface area is 97.9 Å². The third-order valence-corrected chi connectivity index (χ3v) is 10.7. The fourth-order valence-corrected chi connectivity index (χ4v) is 5.76. The Morgan fingerprint density at radius 1 is 0.933 bits per heavy atom. The zero-order valence-electron chi connectivity index (χ0n) is 12.2. The first-order valence-corrected chi connectivity index (χ1v) is 8.33. The van der Waals surface area contributed by atoms with E-state index in [1.165, 1.54) is 11.7 Å². The van der Waals surface area contributed by atoms with Crippen molar-refractivity contribution in [2.45, 2.75) is 65.7 Å². The normalized spacial score (nSPS) is 13.9. The van der Waals surface area contributed by atoms with Crippen molar-refractivity contribution < 1.29 is 0 Å². The van der Waals surface area contributed by atoms with Gasteiger partial charge < -0.3 is 0 Å². The largest absolute Gasteiger partial charge is 0.0783 e. The van der Waals surface area contributed by atoms with E-state index in [4.69, 9.17) is 0 Å². The molecular formula is C14H30P+. The molecule has 0 bridgehead atoms. The average Bonchev–Trinajstić information content (AvgIpc) is 1.95. The first kappa shape index (κ1) is 15.2. The Kier molecular flexibility index (Phi) is 4.63. The van der Waals surface area contributed by atoms with Crippen LogP contribution in [0.15, 0.2) is 11.6 Å². The Morgan fingerprint density at radius 3 is 1.47 bits per heavy atom. The van der Waals surface area contributed by atoms with Gasteiger partial charge in [-0.05, 0) is 61.5 Å². The van der Waals surface area contributed by atoms with Crippen molar-refractivity contribution in [3.63, 3.8) is 0 Å². The van der Waals surface area contributed by atoms with Crippen LogP contribution < -0.4 is 0 Å². The van der Waals surface area contributed by atoms with E-state index in [9.17, 15) is 0 Å². The Hall–Kier alpha value is 0.170. The molecule has 0 aromatic carbocycles. The highest BCUT2D eigenvalue weighted by Gasteiger charge is 2.52. The second-order valence-electron chi connectivity index (χ2n) is 7.00. The van der Waals surface area contributed by atoms with Gasteiger partial charge in [-0.1, -0.05) is 5.57 Å². The summed E-state index contributed by atoms with van der Waals surface area (Å²) in [6.07, 6.45) is 3.71. The molecule has 0 nitrogen and oxygen atoms in total. The molecule has 0 spiro atoms. The van der Waals surface area contributed by atoms with Gasteiger partial charge in [0.25, 0.3) is 0 Å². The minimum atomic E-state index is -0.967. The predicted molar refractivity (Wildman–Crippen MR) is 76.6 cm³/mol. The van der Waals surface area contributed by atoms with E-state index < -0.39 is 7.26 Å². The minimum Gasteiger partial charge on any atom is -0.0769 e. The van der Waals surface area contributed by atoms with Crippen LogP contribution in [0.5, 0.6) is 0 Å². The third kappa shape index (κ3) is 3.59. The predicted octanol–water partition coefficient (Wildman–Crippen LogP) is 5.20. The fourth-order valence-electron chi connectivity index (χ4n) is 1.92. The molecule has 0 radical (unpaired) electrons. The summed E-state index contributed by atoms with van der Waals surface area (Å²) in [5.74, 6) is 0. The van der Waals surface area contributed by atoms with E-state index in [-0.39, 0.29) is 0 Å². The lowest BCUT2D eigenvalue weighted by Crippen LogP contribution is -2.34. The van der Waals surface area contributed by atoms with Crippen LogP contribution in [0, 0.1) is 0 Å². The summed E-state index contributed by atoms with van der Waals surface area (Å²) in [6.45, 7) is 21.4. The molecule has 0 aliphatic carbocycles. The molecule has 0 amide bonds. The van der Waals surface area contributed by atoms with E-state index in [0.717, 1.165) is 0 Å². The SMILES string of the molecule is CC(C)=CC[P+](C)(C(C)(C)C)C(C)(C)C. The average molecular weight is 229 g/mol. The van der Waals surface area contributed by atoms with E-state index in [2.05, 4.69) is 68.1 Å². The number of hydrogen-bond donors (Lipinski definition) is 0. The Balaban J connectivity index is 5.16. The van der Waals surface area contributed by atoms with Crippen LogP contribution >= 0.6 is 7.26 Å². The zero-order valence-corrected chi connectivity index (χ0v) is 13.1. The van der Waals surface area contributed by atoms with Crippen LogP contribution in [0.3, 0.4) is 0 Å². The van der Waals surface area contributed by atoms with Gasteiger partial charge in [-0.25, -0.2) is 0 Å². The van der Waals surface area contributed by atoms with Gasteiger partial charge in [0.1, 0.15) is 0 Å². The van der Waals surface area contributed by atoms with Crippen molar-refractivity contribution in [3.05, 3.63) is 11.6 Å². The fraction of sp³-hybridized carbons (Fsp3) is 0.857. The highest BCUT2D eigenvalue weighted by Crippen LogP contribution is 2.74. The van der Waals surface area contributed by atoms with Gasteiger partial charge in [-0.15, -0.1) is 0 Å². The highest BCUT2D eigenvalue weighted by molar-refractivity contribution is 7.78. The molecule has 1 heteroatoms. The van der Waals surface area contributed by atoms with Crippen molar-refractivity contribution in [2.75, 3.05) is 12.8 Å². The first-order chi connectivity index (χ1) is 6.42. The standard InChI is InChI=1S/C14H30P/c1-12(2)10-11-15(9,13(3,4)5)14(6,7)8/h10H,11H2,1-9H3/q+1. The number of allylic oxidation sites excluding steroid dienone is 2. The topological polar surface area (TPSA) is 0 Å². The summed E-state index contributed by atoms with van der Waals surface area (Å²) < 4.78 is 0. The van der Waals surface area contributed by atoms with E-state index in [0.29, 0.717) is 10.3 Å². The molecule has 0 fully saturated rings. The van der Waals surface area contributed by atoms with Crippen LogP contribution in [0.2, 0.25) is 0 Å². The lowest BCUT2D eigenvalue weighted by atomic mass is 10.2. The summed E-state index contributed by atoms with van der Waals surface area (Å²) in [5, 5.41) is 0.883. The summed E-state index contributed by atoms with van der Waals surface area (Å²) in [7, 11) is -0.967. The molecule has 90 valence electrons. The van der Waals surface area contributed by atoms with Crippen molar-refractivity contribution >= 4 is 7.26 Å². The smallest absolute Gasteiger partial charge is 0.0769 e. The van der Waals surface area contributed by atoms with Crippen molar-refractivity contribution in [2.24, 2.45) is 0 Å². The first-order valence-electron chi connectivity index (χ1n) is 5.91. The zero-order chi connectivity index (χ0) is 12.5. The van der Waals surface area contributed by atoms with Gasteiger partial charge in [0.05, 0.1) is 23.1 Å². The van der Waals surface area contributed by atoms with Crippen molar-refractivity contribution in [3.8, 4) is 0 Å². The van der Waals surface area contributed by atoms with E-state index in [1.54, 1.807) is 0 Å². The Bertz CT molecular complexity index is 217. The van der Waals surface area contributed by atoms with Gasteiger partial charge in [0.15, 0.2) is 0 Å². The van der Waals surface area contributed by atoms with E-state index in [1.807, 2.05) is 0 Å². The number of hydrogen-bond acceptors (Lipinski definition) is 0. The third-order valence-electron chi connectivity index (χ3n) is 3.83. The van der Waals surface area contributed by atoms with Gasteiger partial charge in [-0.3, -0.25) is 0 Å².